The van der Waals surface area contributed by atoms with Gasteiger partial charge < -0.3 is 20.5 Å². The van der Waals surface area contributed by atoms with Gasteiger partial charge in [0.2, 0.25) is 5.91 Å². The molecule has 1 amide bonds. The van der Waals surface area contributed by atoms with Gasteiger partial charge in [0.15, 0.2) is 0 Å². The van der Waals surface area contributed by atoms with Gasteiger partial charge in [-0.25, -0.2) is 0 Å². The van der Waals surface area contributed by atoms with Crippen molar-refractivity contribution in [3.05, 3.63) is 12.2 Å². The molecule has 1 aliphatic carbocycles. The lowest BCUT2D eigenvalue weighted by molar-refractivity contribution is -0.137. The zero-order valence-corrected chi connectivity index (χ0v) is 16.2. The maximum Gasteiger partial charge on any atom is 0.303 e. The summed E-state index contributed by atoms with van der Waals surface area (Å²) in [4.78, 5) is 22.6. The molecule has 0 aromatic rings. The van der Waals surface area contributed by atoms with Crippen molar-refractivity contribution in [1.82, 2.24) is 10.6 Å². The van der Waals surface area contributed by atoms with Gasteiger partial charge in [-0.05, 0) is 50.9 Å². The molecule has 3 fully saturated rings. The topological polar surface area (TPSA) is 87.7 Å². The summed E-state index contributed by atoms with van der Waals surface area (Å²) in [6, 6.07) is 0.379. The molecule has 0 radical (unpaired) electrons. The highest BCUT2D eigenvalue weighted by Gasteiger charge is 2.47. The van der Waals surface area contributed by atoms with Crippen molar-refractivity contribution in [2.45, 2.75) is 82.5 Å². The van der Waals surface area contributed by atoms with Gasteiger partial charge in [0.25, 0.3) is 0 Å². The number of unbranched alkanes of at least 4 members (excludes halogenated alkanes) is 1. The highest BCUT2D eigenvalue weighted by atomic mass is 16.5. The summed E-state index contributed by atoms with van der Waals surface area (Å²) >= 11 is 0. The minimum absolute atomic E-state index is 0.112. The lowest BCUT2D eigenvalue weighted by atomic mass is 9.77. The molecule has 2 saturated heterocycles. The molecule has 6 heteroatoms. The van der Waals surface area contributed by atoms with E-state index in [1.165, 1.54) is 12.8 Å². The van der Waals surface area contributed by atoms with Gasteiger partial charge in [-0.1, -0.05) is 25.0 Å². The van der Waals surface area contributed by atoms with E-state index in [2.05, 4.69) is 22.8 Å². The number of hydrogen-bond acceptors (Lipinski definition) is 4. The number of amides is 1. The fourth-order valence-electron chi connectivity index (χ4n) is 4.92. The second kappa shape index (κ2) is 10.2. The van der Waals surface area contributed by atoms with Crippen molar-refractivity contribution in [1.29, 1.82) is 0 Å². The van der Waals surface area contributed by atoms with Gasteiger partial charge in [-0.15, -0.1) is 0 Å². The Morgan fingerprint density at radius 1 is 1.04 bits per heavy atom. The lowest BCUT2D eigenvalue weighted by Crippen LogP contribution is -2.42. The summed E-state index contributed by atoms with van der Waals surface area (Å²) in [7, 11) is 0. The SMILES string of the molecule is O=C(O)CCCC=CC[C@@H]1[C@@H](CNCC(=O)NC2CCCC2)[C@@H]2CC[C@H]1O2. The average Bonchev–Trinajstić information content (AvgIpc) is 3.36. The Hall–Kier alpha value is -1.40. The van der Waals surface area contributed by atoms with Crippen molar-refractivity contribution in [2.24, 2.45) is 11.8 Å². The number of carboxylic acid groups (broad SMARTS) is 1. The molecule has 0 aromatic heterocycles. The van der Waals surface area contributed by atoms with Crippen LogP contribution in [0.15, 0.2) is 12.2 Å². The van der Waals surface area contributed by atoms with E-state index in [0.29, 0.717) is 43.1 Å². The van der Waals surface area contributed by atoms with Crippen molar-refractivity contribution in [2.75, 3.05) is 13.1 Å². The van der Waals surface area contributed by atoms with Crippen LogP contribution in [0.1, 0.15) is 64.2 Å². The van der Waals surface area contributed by atoms with Crippen molar-refractivity contribution >= 4 is 11.9 Å². The van der Waals surface area contributed by atoms with Gasteiger partial charge in [0.05, 0.1) is 18.8 Å². The number of ether oxygens (including phenoxy) is 1. The largest absolute Gasteiger partial charge is 0.481 e. The third-order valence-electron chi connectivity index (χ3n) is 6.31. The van der Waals surface area contributed by atoms with Crippen LogP contribution in [0.4, 0.5) is 0 Å². The third kappa shape index (κ3) is 6.04. The Kier molecular flexibility index (Phi) is 7.70. The minimum atomic E-state index is -0.729. The van der Waals surface area contributed by atoms with E-state index >= 15 is 0 Å². The summed E-state index contributed by atoms with van der Waals surface area (Å²) in [5.74, 6) is 0.352. The van der Waals surface area contributed by atoms with Gasteiger partial charge in [0, 0.05) is 24.9 Å². The zero-order valence-electron chi connectivity index (χ0n) is 16.2. The first-order valence-electron chi connectivity index (χ1n) is 10.7. The quantitative estimate of drug-likeness (QED) is 0.380. The molecule has 4 atom stereocenters. The number of fused-ring (bicyclic) bond motifs is 2. The van der Waals surface area contributed by atoms with Crippen LogP contribution in [0.3, 0.4) is 0 Å². The first-order chi connectivity index (χ1) is 13.1. The zero-order chi connectivity index (χ0) is 19.1. The molecule has 3 N–H and O–H groups in total. The van der Waals surface area contributed by atoms with Gasteiger partial charge >= 0.3 is 5.97 Å². The first kappa shape index (κ1) is 20.3. The van der Waals surface area contributed by atoms with Crippen LogP contribution in [-0.2, 0) is 14.3 Å². The Morgan fingerprint density at radius 2 is 1.78 bits per heavy atom. The molecule has 0 unspecified atom stereocenters. The number of hydrogen-bond donors (Lipinski definition) is 3. The van der Waals surface area contributed by atoms with Crippen LogP contribution in [-0.4, -0.2) is 48.3 Å². The maximum absolute atomic E-state index is 12.1. The summed E-state index contributed by atoms with van der Waals surface area (Å²) in [5, 5.41) is 15.2. The van der Waals surface area contributed by atoms with Crippen LogP contribution in [0.25, 0.3) is 0 Å². The number of carboxylic acids is 1. The standard InChI is InChI=1S/C21H34N2O4/c24-20(23-15-7-5-6-8-15)14-22-13-17-16(18-11-12-19(17)27-18)9-3-1-2-4-10-21(25)26/h1,3,15-19,22H,2,4-14H2,(H,23,24)(H,25,26)/t16-,17-,18-,19+/m1/s1. The Balaban J connectivity index is 1.36. The highest BCUT2D eigenvalue weighted by molar-refractivity contribution is 5.78. The van der Waals surface area contributed by atoms with E-state index in [9.17, 15) is 9.59 Å². The fraction of sp³-hybridized carbons (Fsp3) is 0.810. The molecule has 6 nitrogen and oxygen atoms in total. The van der Waals surface area contributed by atoms with Crippen molar-refractivity contribution in [3.8, 4) is 0 Å². The van der Waals surface area contributed by atoms with Gasteiger partial charge in [-0.2, -0.15) is 0 Å². The minimum Gasteiger partial charge on any atom is -0.481 e. The van der Waals surface area contributed by atoms with E-state index in [1.54, 1.807) is 0 Å². The average molecular weight is 379 g/mol. The van der Waals surface area contributed by atoms with E-state index in [4.69, 9.17) is 9.84 Å². The van der Waals surface area contributed by atoms with Crippen LogP contribution < -0.4 is 10.6 Å². The van der Waals surface area contributed by atoms with E-state index in [0.717, 1.165) is 45.1 Å². The number of rotatable bonds is 11. The number of carbonyl (C=O) groups is 2. The lowest BCUT2D eigenvalue weighted by Gasteiger charge is -2.27. The van der Waals surface area contributed by atoms with Gasteiger partial charge in [0.1, 0.15) is 0 Å². The predicted molar refractivity (Wildman–Crippen MR) is 103 cm³/mol. The molecular formula is C21H34N2O4. The highest BCUT2D eigenvalue weighted by Crippen LogP contribution is 2.44. The van der Waals surface area contributed by atoms with E-state index in [-0.39, 0.29) is 12.3 Å². The molecule has 0 spiro atoms. The number of allylic oxidation sites excluding steroid dienone is 2. The van der Waals surface area contributed by atoms with Crippen LogP contribution in [0.2, 0.25) is 0 Å². The molecule has 3 rings (SSSR count). The normalized spacial score (nSPS) is 30.4. The number of nitrogens with one attached hydrogen (secondary N) is 2. The molecule has 152 valence electrons. The van der Waals surface area contributed by atoms with E-state index < -0.39 is 5.97 Å². The molecule has 2 heterocycles. The van der Waals surface area contributed by atoms with Crippen molar-refractivity contribution < 1.29 is 19.4 Å². The Morgan fingerprint density at radius 3 is 2.52 bits per heavy atom. The van der Waals surface area contributed by atoms with Crippen molar-refractivity contribution in [3.63, 3.8) is 0 Å². The Bertz CT molecular complexity index is 530. The van der Waals surface area contributed by atoms with E-state index in [1.807, 2.05) is 0 Å². The summed E-state index contributed by atoms with van der Waals surface area (Å²) < 4.78 is 6.12. The number of carbonyl (C=O) groups excluding carboxylic acids is 1. The molecule has 1 saturated carbocycles. The predicted octanol–water partition coefficient (Wildman–Crippen LogP) is 2.63. The van der Waals surface area contributed by atoms with Crippen LogP contribution in [0, 0.1) is 11.8 Å². The summed E-state index contributed by atoms with van der Waals surface area (Å²) in [6.07, 6.45) is 14.7. The fourth-order valence-corrected chi connectivity index (χ4v) is 4.92. The third-order valence-corrected chi connectivity index (χ3v) is 6.31. The summed E-state index contributed by atoms with van der Waals surface area (Å²) in [5.41, 5.74) is 0. The second-order valence-corrected chi connectivity index (χ2v) is 8.29. The first-order valence-corrected chi connectivity index (χ1v) is 10.7. The molecule has 27 heavy (non-hydrogen) atoms. The molecular weight excluding hydrogens is 344 g/mol. The second-order valence-electron chi connectivity index (χ2n) is 8.29. The molecule has 2 aliphatic heterocycles. The van der Waals surface area contributed by atoms with Crippen LogP contribution in [0.5, 0.6) is 0 Å². The Labute approximate surface area is 162 Å². The smallest absolute Gasteiger partial charge is 0.303 e. The summed E-state index contributed by atoms with van der Waals surface area (Å²) in [6.45, 7) is 1.22. The molecule has 2 bridgehead atoms. The molecule has 0 aromatic carbocycles. The molecule has 3 aliphatic rings. The monoisotopic (exact) mass is 378 g/mol. The van der Waals surface area contributed by atoms with Gasteiger partial charge in [-0.3, -0.25) is 9.59 Å². The number of aliphatic carboxylic acids is 1. The maximum atomic E-state index is 12.1. The van der Waals surface area contributed by atoms with Crippen LogP contribution >= 0.6 is 0 Å².